The van der Waals surface area contributed by atoms with Crippen LogP contribution in [0.4, 0.5) is 37.8 Å². The van der Waals surface area contributed by atoms with Crippen LogP contribution in [0.3, 0.4) is 0 Å². The summed E-state index contributed by atoms with van der Waals surface area (Å²) in [4.78, 5) is 15.5. The summed E-state index contributed by atoms with van der Waals surface area (Å²) in [6, 6.07) is 2.58. The van der Waals surface area contributed by atoms with Gasteiger partial charge in [-0.25, -0.2) is 4.98 Å². The number of aromatic nitrogens is 5. The fourth-order valence-corrected chi connectivity index (χ4v) is 4.16. The number of rotatable bonds is 3. The highest BCUT2D eigenvalue weighted by Gasteiger charge is 2.48. The highest BCUT2D eigenvalue weighted by atomic mass is 19.4. The van der Waals surface area contributed by atoms with Crippen molar-refractivity contribution in [3.05, 3.63) is 42.3 Å². The number of pyridine rings is 1. The van der Waals surface area contributed by atoms with Crippen molar-refractivity contribution in [2.75, 3.05) is 36.0 Å². The van der Waals surface area contributed by atoms with E-state index in [0.717, 1.165) is 18.7 Å². The molecule has 14 heteroatoms. The Kier molecular flexibility index (Phi) is 4.72. The number of hydrogen-bond donors (Lipinski definition) is 0. The summed E-state index contributed by atoms with van der Waals surface area (Å²) in [5, 5.41) is 6.39. The van der Waals surface area contributed by atoms with Crippen LogP contribution in [0, 0.1) is 5.41 Å². The van der Waals surface area contributed by atoms with Gasteiger partial charge in [-0.3, -0.25) is 9.97 Å². The Bertz CT molecular complexity index is 1170. The molecule has 0 amide bonds. The second-order valence-corrected chi connectivity index (χ2v) is 8.10. The minimum absolute atomic E-state index is 0.0168. The number of hydrogen-bond acceptors (Lipinski definition) is 8. The van der Waals surface area contributed by atoms with Crippen LogP contribution in [-0.2, 0) is 12.4 Å². The number of anilines is 2. The van der Waals surface area contributed by atoms with E-state index in [1.165, 1.54) is 12.4 Å². The topological polar surface area (TPSA) is 84.1 Å². The molecule has 2 aliphatic heterocycles. The third-order valence-corrected chi connectivity index (χ3v) is 5.72. The highest BCUT2D eigenvalue weighted by molar-refractivity contribution is 5.54. The van der Waals surface area contributed by atoms with Crippen molar-refractivity contribution in [2.45, 2.75) is 18.8 Å². The average Bonchev–Trinajstić information content (AvgIpc) is 3.40. The van der Waals surface area contributed by atoms with E-state index in [4.69, 9.17) is 0 Å². The van der Waals surface area contributed by atoms with Crippen LogP contribution >= 0.6 is 0 Å². The molecule has 3 aromatic rings. The van der Waals surface area contributed by atoms with Gasteiger partial charge in [-0.2, -0.15) is 26.3 Å². The maximum atomic E-state index is 12.9. The normalized spacial score (nSPS) is 18.1. The fourth-order valence-electron chi connectivity index (χ4n) is 4.16. The molecule has 0 saturated carbocycles. The molecule has 5 rings (SSSR count). The van der Waals surface area contributed by atoms with E-state index in [9.17, 15) is 26.3 Å². The quantitative estimate of drug-likeness (QED) is 0.535. The lowest BCUT2D eigenvalue weighted by atomic mass is 9.79. The van der Waals surface area contributed by atoms with Crippen molar-refractivity contribution in [3.8, 4) is 11.6 Å². The van der Waals surface area contributed by atoms with Gasteiger partial charge in [0, 0.05) is 43.5 Å². The van der Waals surface area contributed by atoms with E-state index in [1.54, 1.807) is 6.07 Å². The molecule has 5 heterocycles. The van der Waals surface area contributed by atoms with Gasteiger partial charge < -0.3 is 14.2 Å². The van der Waals surface area contributed by atoms with Crippen molar-refractivity contribution in [1.29, 1.82) is 0 Å². The molecule has 0 aromatic carbocycles. The maximum absolute atomic E-state index is 12.9. The first-order valence-electron chi connectivity index (χ1n) is 9.79. The van der Waals surface area contributed by atoms with Crippen LogP contribution in [0.1, 0.15) is 18.0 Å². The molecule has 2 fully saturated rings. The number of nitrogens with zero attached hydrogens (tertiary/aromatic N) is 7. The number of halogens is 6. The zero-order valence-corrected chi connectivity index (χ0v) is 16.7. The molecule has 0 bridgehead atoms. The number of alkyl halides is 6. The predicted molar refractivity (Wildman–Crippen MR) is 101 cm³/mol. The van der Waals surface area contributed by atoms with Gasteiger partial charge in [0.1, 0.15) is 17.2 Å². The first-order valence-corrected chi connectivity index (χ1v) is 9.79. The van der Waals surface area contributed by atoms with Gasteiger partial charge >= 0.3 is 18.2 Å². The summed E-state index contributed by atoms with van der Waals surface area (Å²) in [7, 11) is 0. The fraction of sp³-hybridized carbons (Fsp3) is 0.421. The molecule has 0 atom stereocenters. The predicted octanol–water partition coefficient (Wildman–Crippen LogP) is 3.68. The largest absolute Gasteiger partial charge is 0.470 e. The Balaban J connectivity index is 1.27. The van der Waals surface area contributed by atoms with Crippen molar-refractivity contribution in [2.24, 2.45) is 5.41 Å². The Hall–Kier alpha value is -3.45. The van der Waals surface area contributed by atoms with Gasteiger partial charge in [-0.15, -0.1) is 10.2 Å². The summed E-state index contributed by atoms with van der Waals surface area (Å²) >= 11 is 0. The van der Waals surface area contributed by atoms with Gasteiger partial charge in [0.15, 0.2) is 0 Å². The molecule has 0 aliphatic carbocycles. The molecule has 1 spiro atoms. The smallest absolute Gasteiger partial charge is 0.411 e. The zero-order valence-electron chi connectivity index (χ0n) is 16.7. The second kappa shape index (κ2) is 7.28. The van der Waals surface area contributed by atoms with Crippen LogP contribution in [0.5, 0.6) is 0 Å². The Morgan fingerprint density at radius 1 is 0.939 bits per heavy atom. The third kappa shape index (κ3) is 4.04. The van der Waals surface area contributed by atoms with E-state index in [0.29, 0.717) is 37.7 Å². The van der Waals surface area contributed by atoms with Crippen LogP contribution in [-0.4, -0.2) is 51.3 Å². The maximum Gasteiger partial charge on any atom is 0.470 e. The molecule has 8 nitrogen and oxygen atoms in total. The molecule has 0 radical (unpaired) electrons. The summed E-state index contributed by atoms with van der Waals surface area (Å²) in [5.41, 5.74) is -0.591. The van der Waals surface area contributed by atoms with E-state index in [2.05, 4.69) is 29.6 Å². The molecule has 2 saturated heterocycles. The Morgan fingerprint density at radius 3 is 2.39 bits per heavy atom. The molecular weight excluding hydrogens is 456 g/mol. The first-order chi connectivity index (χ1) is 15.5. The highest BCUT2D eigenvalue weighted by Crippen LogP contribution is 2.43. The van der Waals surface area contributed by atoms with Gasteiger partial charge in [0.2, 0.25) is 0 Å². The van der Waals surface area contributed by atoms with Gasteiger partial charge in [-0.05, 0) is 18.6 Å². The molecule has 2 aliphatic rings. The Morgan fingerprint density at radius 2 is 1.70 bits per heavy atom. The minimum atomic E-state index is -4.76. The average molecular weight is 471 g/mol. The van der Waals surface area contributed by atoms with Crippen LogP contribution in [0.25, 0.3) is 11.6 Å². The second-order valence-electron chi connectivity index (χ2n) is 8.10. The summed E-state index contributed by atoms with van der Waals surface area (Å²) in [6.07, 6.45) is -4.62. The summed E-state index contributed by atoms with van der Waals surface area (Å²) in [6.45, 7) is 2.33. The lowest BCUT2D eigenvalue weighted by molar-refractivity contribution is -0.157. The van der Waals surface area contributed by atoms with Gasteiger partial charge in [0.05, 0.1) is 12.4 Å². The van der Waals surface area contributed by atoms with Gasteiger partial charge in [0.25, 0.3) is 5.89 Å². The molecule has 3 aromatic heterocycles. The zero-order chi connectivity index (χ0) is 23.4. The standard InChI is InChI=1S/C19H15F6N7O/c20-18(21,22)13-5-11(1-3-27-13)32-9-17(10-32)2-4-31(8-17)14-7-26-6-12(28-14)15-29-30-16(33-15)19(23,24)25/h1,3,5-7H,2,4,8-10H2. The molecule has 0 N–H and O–H groups in total. The monoisotopic (exact) mass is 471 g/mol. The summed E-state index contributed by atoms with van der Waals surface area (Å²) in [5.74, 6) is -1.42. The molecular formula is C19H15F6N7O. The molecule has 33 heavy (non-hydrogen) atoms. The van der Waals surface area contributed by atoms with E-state index in [-0.39, 0.29) is 11.1 Å². The van der Waals surface area contributed by atoms with E-state index in [1.807, 2.05) is 9.80 Å². The SMILES string of the molecule is FC(F)(F)c1cc(N2CC3(CCN(c4cncc(-c5nnc(C(F)(F)F)o5)n4)C3)C2)ccn1. The van der Waals surface area contributed by atoms with E-state index < -0.39 is 29.8 Å². The Labute approximate surface area is 182 Å². The lowest BCUT2D eigenvalue weighted by Gasteiger charge is -2.49. The van der Waals surface area contributed by atoms with Gasteiger partial charge in [-0.1, -0.05) is 0 Å². The lowest BCUT2D eigenvalue weighted by Crippen LogP contribution is -2.57. The van der Waals surface area contributed by atoms with E-state index >= 15 is 0 Å². The van der Waals surface area contributed by atoms with Crippen molar-refractivity contribution in [1.82, 2.24) is 25.1 Å². The van der Waals surface area contributed by atoms with Crippen LogP contribution in [0.15, 0.2) is 35.1 Å². The van der Waals surface area contributed by atoms with Crippen molar-refractivity contribution >= 4 is 11.5 Å². The summed E-state index contributed by atoms with van der Waals surface area (Å²) < 4.78 is 81.6. The first kappa shape index (κ1) is 21.4. The van der Waals surface area contributed by atoms with Crippen molar-refractivity contribution in [3.63, 3.8) is 0 Å². The van der Waals surface area contributed by atoms with Crippen LogP contribution in [0.2, 0.25) is 0 Å². The molecule has 0 unspecified atom stereocenters. The van der Waals surface area contributed by atoms with Crippen LogP contribution < -0.4 is 9.80 Å². The van der Waals surface area contributed by atoms with Crippen molar-refractivity contribution < 1.29 is 30.8 Å². The minimum Gasteiger partial charge on any atom is -0.411 e. The third-order valence-electron chi connectivity index (χ3n) is 5.72. The molecule has 174 valence electrons.